The van der Waals surface area contributed by atoms with Gasteiger partial charge in [0, 0.05) is 11.2 Å². The Morgan fingerprint density at radius 1 is 0.848 bits per heavy atom. The van der Waals surface area contributed by atoms with Gasteiger partial charge in [0.2, 0.25) is 5.82 Å². The summed E-state index contributed by atoms with van der Waals surface area (Å²) in [4.78, 5) is 0. The van der Waals surface area contributed by atoms with Crippen molar-refractivity contribution in [3.8, 4) is 16.9 Å². The maximum absolute atomic E-state index is 15.0. The van der Waals surface area contributed by atoms with Gasteiger partial charge in [0.25, 0.3) is 0 Å². The average Bonchev–Trinajstić information content (AvgIpc) is 3.17. The Hall–Kier alpha value is -3.24. The Morgan fingerprint density at radius 3 is 2.12 bits per heavy atom. The molecule has 1 unspecified atom stereocenters. The van der Waals surface area contributed by atoms with E-state index < -0.39 is 30.1 Å². The third-order valence-corrected chi connectivity index (χ3v) is 5.00. The van der Waals surface area contributed by atoms with E-state index in [1.807, 2.05) is 0 Å². The molecule has 5 nitrogen and oxygen atoms in total. The molecule has 0 aliphatic carbocycles. The molecule has 0 N–H and O–H groups in total. The number of alkyl halides is 5. The number of halogens is 6. The van der Waals surface area contributed by atoms with E-state index in [4.69, 9.17) is 16.3 Å². The van der Waals surface area contributed by atoms with Gasteiger partial charge in [-0.2, -0.15) is 8.78 Å². The van der Waals surface area contributed by atoms with Gasteiger partial charge in [-0.3, -0.25) is 4.40 Å². The summed E-state index contributed by atoms with van der Waals surface area (Å²) in [6.07, 6.45) is -8.23. The zero-order chi connectivity index (χ0) is 23.8. The molecule has 0 saturated carbocycles. The molecular formula is C22H15ClF5N3O2. The van der Waals surface area contributed by atoms with Crippen molar-refractivity contribution in [2.45, 2.75) is 25.5 Å². The molecule has 0 spiro atoms. The third-order valence-electron chi connectivity index (χ3n) is 4.75. The Balaban J connectivity index is 1.61. The van der Waals surface area contributed by atoms with E-state index in [0.717, 1.165) is 16.5 Å². The largest absolute Gasteiger partial charge is 0.573 e. The molecule has 11 heteroatoms. The number of nitrogens with zero attached hydrogens (tertiary/aromatic N) is 3. The monoisotopic (exact) mass is 483 g/mol. The van der Waals surface area contributed by atoms with Gasteiger partial charge in [-0.05, 0) is 60.0 Å². The van der Waals surface area contributed by atoms with Crippen LogP contribution in [0, 0.1) is 0 Å². The molecule has 0 aliphatic heterocycles. The molecule has 0 radical (unpaired) electrons. The highest BCUT2D eigenvalue weighted by atomic mass is 35.5. The summed E-state index contributed by atoms with van der Waals surface area (Å²) in [6.45, 7) is 1.47. The van der Waals surface area contributed by atoms with E-state index in [1.165, 1.54) is 31.3 Å². The zero-order valence-corrected chi connectivity index (χ0v) is 17.6. The molecule has 2 aromatic carbocycles. The van der Waals surface area contributed by atoms with Crippen molar-refractivity contribution < 1.29 is 31.4 Å². The summed E-state index contributed by atoms with van der Waals surface area (Å²) in [5, 5.41) is 7.81. The standard InChI is InChI=1S/C22H15ClF5N3O2/c1-13(14-2-7-17(23)8-3-14)32-21(24,25)20-30-29-19-11-6-16(12-31(19)20)15-4-9-18(10-5-15)33-22(26,27)28/h2-13H,1H3. The fourth-order valence-electron chi connectivity index (χ4n) is 3.19. The van der Waals surface area contributed by atoms with Crippen LogP contribution in [0.15, 0.2) is 66.9 Å². The van der Waals surface area contributed by atoms with Gasteiger partial charge in [-0.25, -0.2) is 0 Å². The zero-order valence-electron chi connectivity index (χ0n) is 16.9. The SMILES string of the molecule is CC(OC(F)(F)c1nnc2ccc(-c3ccc(OC(F)(F)F)cc3)cn12)c1ccc(Cl)cc1. The summed E-state index contributed by atoms with van der Waals surface area (Å²) >= 11 is 5.83. The maximum Gasteiger partial charge on any atom is 0.573 e. The smallest absolute Gasteiger partial charge is 0.406 e. The highest BCUT2D eigenvalue weighted by Crippen LogP contribution is 2.35. The lowest BCUT2D eigenvalue weighted by molar-refractivity contribution is -0.277. The van der Waals surface area contributed by atoms with Gasteiger partial charge < -0.3 is 9.47 Å². The van der Waals surface area contributed by atoms with E-state index in [2.05, 4.69) is 14.9 Å². The molecule has 0 saturated heterocycles. The van der Waals surface area contributed by atoms with E-state index in [-0.39, 0.29) is 5.65 Å². The predicted octanol–water partition coefficient (Wildman–Crippen LogP) is 6.78. The minimum absolute atomic E-state index is 0.146. The Labute approximate surface area is 189 Å². The summed E-state index contributed by atoms with van der Waals surface area (Å²) in [5.41, 5.74) is 1.57. The second-order valence-electron chi connectivity index (χ2n) is 7.07. The van der Waals surface area contributed by atoms with Crippen molar-refractivity contribution >= 4 is 17.2 Å². The molecule has 1 atom stereocenters. The van der Waals surface area contributed by atoms with Gasteiger partial charge in [-0.1, -0.05) is 35.9 Å². The lowest BCUT2D eigenvalue weighted by atomic mass is 10.1. The number of rotatable bonds is 6. The van der Waals surface area contributed by atoms with Crippen molar-refractivity contribution in [1.82, 2.24) is 14.6 Å². The molecule has 4 aromatic rings. The van der Waals surface area contributed by atoms with E-state index in [9.17, 15) is 22.0 Å². The van der Waals surface area contributed by atoms with E-state index in [1.54, 1.807) is 30.3 Å². The Morgan fingerprint density at radius 2 is 1.48 bits per heavy atom. The van der Waals surface area contributed by atoms with Gasteiger partial charge in [0.15, 0.2) is 5.65 Å². The average molecular weight is 484 g/mol. The van der Waals surface area contributed by atoms with Gasteiger partial charge in [0.1, 0.15) is 5.75 Å². The maximum atomic E-state index is 15.0. The molecular weight excluding hydrogens is 469 g/mol. The molecule has 2 heterocycles. The lowest BCUT2D eigenvalue weighted by Gasteiger charge is -2.21. The Kier molecular flexibility index (Phi) is 5.98. The minimum atomic E-state index is -4.81. The molecule has 2 aromatic heterocycles. The first-order valence-electron chi connectivity index (χ1n) is 9.54. The predicted molar refractivity (Wildman–Crippen MR) is 110 cm³/mol. The molecule has 33 heavy (non-hydrogen) atoms. The van der Waals surface area contributed by atoms with Crippen LogP contribution < -0.4 is 4.74 Å². The summed E-state index contributed by atoms with van der Waals surface area (Å²) < 4.78 is 76.9. The van der Waals surface area contributed by atoms with Crippen LogP contribution in [0.2, 0.25) is 5.02 Å². The van der Waals surface area contributed by atoms with Crippen LogP contribution in [0.3, 0.4) is 0 Å². The number of ether oxygens (including phenoxy) is 2. The van der Waals surface area contributed by atoms with Crippen LogP contribution in [0.5, 0.6) is 5.75 Å². The number of hydrogen-bond donors (Lipinski definition) is 0. The minimum Gasteiger partial charge on any atom is -0.406 e. The quantitative estimate of drug-likeness (QED) is 0.284. The van der Waals surface area contributed by atoms with Crippen LogP contribution in [0.1, 0.15) is 24.4 Å². The molecule has 0 amide bonds. The topological polar surface area (TPSA) is 48.7 Å². The van der Waals surface area contributed by atoms with Crippen molar-refractivity contribution in [3.05, 3.63) is 83.3 Å². The van der Waals surface area contributed by atoms with Crippen molar-refractivity contribution in [2.24, 2.45) is 0 Å². The number of hydrogen-bond acceptors (Lipinski definition) is 4. The van der Waals surface area contributed by atoms with Crippen LogP contribution in [0.25, 0.3) is 16.8 Å². The fourth-order valence-corrected chi connectivity index (χ4v) is 3.31. The normalized spacial score (nSPS) is 13.3. The number of fused-ring (bicyclic) bond motifs is 1. The van der Waals surface area contributed by atoms with Crippen molar-refractivity contribution in [3.63, 3.8) is 0 Å². The molecule has 0 bridgehead atoms. The first kappa shape index (κ1) is 22.9. The van der Waals surface area contributed by atoms with Crippen LogP contribution in [-0.2, 0) is 10.8 Å². The second-order valence-corrected chi connectivity index (χ2v) is 7.51. The van der Waals surface area contributed by atoms with Crippen molar-refractivity contribution in [2.75, 3.05) is 0 Å². The van der Waals surface area contributed by atoms with Crippen LogP contribution in [-0.4, -0.2) is 21.0 Å². The van der Waals surface area contributed by atoms with E-state index in [0.29, 0.717) is 21.7 Å². The summed E-state index contributed by atoms with van der Waals surface area (Å²) in [5.74, 6) is -1.13. The highest BCUT2D eigenvalue weighted by Gasteiger charge is 2.41. The highest BCUT2D eigenvalue weighted by molar-refractivity contribution is 6.30. The van der Waals surface area contributed by atoms with Gasteiger partial charge in [-0.15, -0.1) is 23.4 Å². The molecule has 172 valence electrons. The number of benzene rings is 2. The number of aromatic nitrogens is 3. The number of pyridine rings is 1. The molecule has 0 fully saturated rings. The second kappa shape index (κ2) is 8.60. The fraction of sp³-hybridized carbons (Fsp3) is 0.182. The Bertz CT molecular complexity index is 1260. The van der Waals surface area contributed by atoms with Crippen LogP contribution >= 0.6 is 11.6 Å². The van der Waals surface area contributed by atoms with Crippen molar-refractivity contribution in [1.29, 1.82) is 0 Å². The first-order valence-corrected chi connectivity index (χ1v) is 9.92. The summed E-state index contributed by atoms with van der Waals surface area (Å²) in [7, 11) is 0. The lowest BCUT2D eigenvalue weighted by Crippen LogP contribution is -2.23. The van der Waals surface area contributed by atoms with Gasteiger partial charge >= 0.3 is 12.5 Å². The molecule has 0 aliphatic rings. The first-order chi connectivity index (χ1) is 15.5. The van der Waals surface area contributed by atoms with E-state index >= 15 is 0 Å². The van der Waals surface area contributed by atoms with Gasteiger partial charge in [0.05, 0.1) is 6.10 Å². The third kappa shape index (κ3) is 5.23. The molecule has 4 rings (SSSR count). The summed E-state index contributed by atoms with van der Waals surface area (Å²) in [6, 6.07) is 14.4. The van der Waals surface area contributed by atoms with Crippen LogP contribution in [0.4, 0.5) is 22.0 Å².